The van der Waals surface area contributed by atoms with Gasteiger partial charge in [0, 0.05) is 18.0 Å². The zero-order valence-electron chi connectivity index (χ0n) is 11.5. The van der Waals surface area contributed by atoms with Crippen molar-refractivity contribution in [2.24, 2.45) is 0 Å². The highest BCUT2D eigenvalue weighted by atomic mass is 16.5. The standard InChI is InChI=1S/C15H26N2O/c1-2-3-4-5-6-7-8-18-12-13-9-14(16)11-15(17)10-13/h9-11H,2-8,12,16-17H2,1H3. The average Bonchev–Trinajstić information content (AvgIpc) is 2.31. The number of benzene rings is 1. The van der Waals surface area contributed by atoms with Gasteiger partial charge < -0.3 is 16.2 Å². The Labute approximate surface area is 111 Å². The van der Waals surface area contributed by atoms with Crippen LogP contribution < -0.4 is 11.5 Å². The molecule has 0 saturated heterocycles. The summed E-state index contributed by atoms with van der Waals surface area (Å²) in [4.78, 5) is 0. The average molecular weight is 250 g/mol. The first-order valence-electron chi connectivity index (χ1n) is 6.95. The predicted molar refractivity (Wildman–Crippen MR) is 78.3 cm³/mol. The summed E-state index contributed by atoms with van der Waals surface area (Å²) in [5.41, 5.74) is 13.9. The lowest BCUT2D eigenvalue weighted by atomic mass is 10.1. The van der Waals surface area contributed by atoms with Gasteiger partial charge in [-0.05, 0) is 30.2 Å². The Morgan fingerprint density at radius 3 is 2.17 bits per heavy atom. The first kappa shape index (κ1) is 14.8. The zero-order valence-corrected chi connectivity index (χ0v) is 11.5. The van der Waals surface area contributed by atoms with Crippen molar-refractivity contribution >= 4 is 11.4 Å². The van der Waals surface area contributed by atoms with E-state index < -0.39 is 0 Å². The van der Waals surface area contributed by atoms with Crippen LogP contribution in [0.25, 0.3) is 0 Å². The van der Waals surface area contributed by atoms with Gasteiger partial charge in [-0.15, -0.1) is 0 Å². The summed E-state index contributed by atoms with van der Waals surface area (Å²) < 4.78 is 5.63. The third kappa shape index (κ3) is 6.50. The molecule has 1 aromatic carbocycles. The first-order chi connectivity index (χ1) is 8.72. The lowest BCUT2D eigenvalue weighted by molar-refractivity contribution is 0.117. The van der Waals surface area contributed by atoms with Gasteiger partial charge in [0.25, 0.3) is 0 Å². The number of rotatable bonds is 9. The Hall–Kier alpha value is -1.22. The molecule has 0 radical (unpaired) electrons. The molecule has 18 heavy (non-hydrogen) atoms. The third-order valence-electron chi connectivity index (χ3n) is 2.95. The van der Waals surface area contributed by atoms with Gasteiger partial charge in [-0.3, -0.25) is 0 Å². The molecule has 1 aromatic rings. The minimum absolute atomic E-state index is 0.601. The van der Waals surface area contributed by atoms with Crippen LogP contribution in [0.4, 0.5) is 11.4 Å². The molecule has 3 nitrogen and oxygen atoms in total. The van der Waals surface area contributed by atoms with Crippen LogP contribution in [-0.4, -0.2) is 6.61 Å². The fraction of sp³-hybridized carbons (Fsp3) is 0.600. The molecule has 0 aromatic heterocycles. The molecular formula is C15H26N2O. The van der Waals surface area contributed by atoms with Crippen LogP contribution in [0, 0.1) is 0 Å². The molecule has 0 atom stereocenters. The van der Waals surface area contributed by atoms with Gasteiger partial charge in [0.1, 0.15) is 0 Å². The van der Waals surface area contributed by atoms with Crippen molar-refractivity contribution in [1.29, 1.82) is 0 Å². The van der Waals surface area contributed by atoms with Crippen LogP contribution in [0.15, 0.2) is 18.2 Å². The quantitative estimate of drug-likeness (QED) is 0.518. The lowest BCUT2D eigenvalue weighted by Gasteiger charge is -2.06. The number of hydrogen-bond acceptors (Lipinski definition) is 3. The molecule has 0 aliphatic carbocycles. The highest BCUT2D eigenvalue weighted by molar-refractivity contribution is 5.54. The van der Waals surface area contributed by atoms with E-state index >= 15 is 0 Å². The first-order valence-corrected chi connectivity index (χ1v) is 6.95. The number of nitrogens with two attached hydrogens (primary N) is 2. The molecule has 0 aliphatic heterocycles. The van der Waals surface area contributed by atoms with Crippen LogP contribution in [0.1, 0.15) is 51.0 Å². The fourth-order valence-electron chi connectivity index (χ4n) is 2.00. The van der Waals surface area contributed by atoms with Crippen LogP contribution in [0.3, 0.4) is 0 Å². The number of hydrogen-bond donors (Lipinski definition) is 2. The summed E-state index contributed by atoms with van der Waals surface area (Å²) >= 11 is 0. The summed E-state index contributed by atoms with van der Waals surface area (Å²) in [6.45, 7) is 3.66. The van der Waals surface area contributed by atoms with E-state index in [1.54, 1.807) is 6.07 Å². The predicted octanol–water partition coefficient (Wildman–Crippen LogP) is 3.73. The molecule has 3 heteroatoms. The van der Waals surface area contributed by atoms with E-state index in [1.165, 1.54) is 32.1 Å². The highest BCUT2D eigenvalue weighted by Crippen LogP contribution is 2.14. The number of ether oxygens (including phenoxy) is 1. The molecule has 102 valence electrons. The second kappa shape index (κ2) is 8.81. The van der Waals surface area contributed by atoms with Crippen molar-refractivity contribution in [2.75, 3.05) is 18.1 Å². The van der Waals surface area contributed by atoms with Gasteiger partial charge in [-0.2, -0.15) is 0 Å². The lowest BCUT2D eigenvalue weighted by Crippen LogP contribution is -1.98. The van der Waals surface area contributed by atoms with Crippen LogP contribution in [0.2, 0.25) is 0 Å². The van der Waals surface area contributed by atoms with Crippen molar-refractivity contribution < 1.29 is 4.74 Å². The van der Waals surface area contributed by atoms with Crippen molar-refractivity contribution in [3.63, 3.8) is 0 Å². The summed E-state index contributed by atoms with van der Waals surface area (Å²) in [5.74, 6) is 0. The molecule has 0 amide bonds. The molecule has 0 unspecified atom stereocenters. The molecule has 0 aliphatic rings. The van der Waals surface area contributed by atoms with Gasteiger partial charge >= 0.3 is 0 Å². The Morgan fingerprint density at radius 1 is 0.889 bits per heavy atom. The number of unbranched alkanes of at least 4 members (excludes halogenated alkanes) is 5. The van der Waals surface area contributed by atoms with Gasteiger partial charge in [0.2, 0.25) is 0 Å². The zero-order chi connectivity index (χ0) is 13.2. The Morgan fingerprint density at radius 2 is 1.50 bits per heavy atom. The van der Waals surface area contributed by atoms with Crippen molar-refractivity contribution in [3.8, 4) is 0 Å². The maximum atomic E-state index is 5.72. The molecule has 1 rings (SSSR count). The molecule has 0 fully saturated rings. The molecule has 4 N–H and O–H groups in total. The second-order valence-electron chi connectivity index (χ2n) is 4.83. The van der Waals surface area contributed by atoms with E-state index in [-0.39, 0.29) is 0 Å². The Bertz CT molecular complexity index is 319. The summed E-state index contributed by atoms with van der Waals surface area (Å²) in [6, 6.07) is 5.59. The molecule has 0 saturated carbocycles. The summed E-state index contributed by atoms with van der Waals surface area (Å²) in [6.07, 6.45) is 7.72. The van der Waals surface area contributed by atoms with Gasteiger partial charge in [-0.1, -0.05) is 39.0 Å². The van der Waals surface area contributed by atoms with E-state index in [0.29, 0.717) is 18.0 Å². The third-order valence-corrected chi connectivity index (χ3v) is 2.95. The van der Waals surface area contributed by atoms with Crippen LogP contribution >= 0.6 is 0 Å². The van der Waals surface area contributed by atoms with E-state index in [1.807, 2.05) is 12.1 Å². The normalized spacial score (nSPS) is 10.7. The van der Waals surface area contributed by atoms with E-state index in [0.717, 1.165) is 18.6 Å². The van der Waals surface area contributed by atoms with Crippen molar-refractivity contribution in [1.82, 2.24) is 0 Å². The van der Waals surface area contributed by atoms with E-state index in [4.69, 9.17) is 16.2 Å². The Balaban J connectivity index is 2.07. The SMILES string of the molecule is CCCCCCCCOCc1cc(N)cc(N)c1. The fourth-order valence-corrected chi connectivity index (χ4v) is 2.00. The molecule has 0 spiro atoms. The van der Waals surface area contributed by atoms with Crippen LogP contribution in [-0.2, 0) is 11.3 Å². The van der Waals surface area contributed by atoms with E-state index in [2.05, 4.69) is 6.92 Å². The van der Waals surface area contributed by atoms with Crippen molar-refractivity contribution in [3.05, 3.63) is 23.8 Å². The largest absolute Gasteiger partial charge is 0.399 e. The topological polar surface area (TPSA) is 61.3 Å². The smallest absolute Gasteiger partial charge is 0.0718 e. The molecule has 0 heterocycles. The second-order valence-corrected chi connectivity index (χ2v) is 4.83. The maximum absolute atomic E-state index is 5.72. The maximum Gasteiger partial charge on any atom is 0.0718 e. The molecule has 0 bridgehead atoms. The van der Waals surface area contributed by atoms with Crippen LogP contribution in [0.5, 0.6) is 0 Å². The van der Waals surface area contributed by atoms with Crippen molar-refractivity contribution in [2.45, 2.75) is 52.1 Å². The minimum atomic E-state index is 0.601. The van der Waals surface area contributed by atoms with E-state index in [9.17, 15) is 0 Å². The van der Waals surface area contributed by atoms with Gasteiger partial charge in [0.05, 0.1) is 6.61 Å². The number of anilines is 2. The minimum Gasteiger partial charge on any atom is -0.399 e. The van der Waals surface area contributed by atoms with Gasteiger partial charge in [-0.25, -0.2) is 0 Å². The summed E-state index contributed by atoms with van der Waals surface area (Å²) in [5, 5.41) is 0. The monoisotopic (exact) mass is 250 g/mol. The Kier molecular flexibility index (Phi) is 7.26. The summed E-state index contributed by atoms with van der Waals surface area (Å²) in [7, 11) is 0. The number of nitrogen functional groups attached to an aromatic ring is 2. The highest BCUT2D eigenvalue weighted by Gasteiger charge is 1.97. The van der Waals surface area contributed by atoms with Gasteiger partial charge in [0.15, 0.2) is 0 Å². The molecular weight excluding hydrogens is 224 g/mol.